The van der Waals surface area contributed by atoms with Crippen molar-refractivity contribution in [3.05, 3.63) is 0 Å². The fourth-order valence-electron chi connectivity index (χ4n) is 1.80. The van der Waals surface area contributed by atoms with Crippen LogP contribution in [0.3, 0.4) is 0 Å². The molecule has 92 valence electrons. The van der Waals surface area contributed by atoms with E-state index in [2.05, 4.69) is 0 Å². The van der Waals surface area contributed by atoms with E-state index in [1.807, 2.05) is 27.7 Å². The molecular formula is C11H19NO3S. The van der Waals surface area contributed by atoms with Gasteiger partial charge in [-0.1, -0.05) is 6.92 Å². The third-order valence-electron chi connectivity index (χ3n) is 2.42. The molecule has 0 spiro atoms. The topological polar surface area (TPSA) is 49.8 Å². The first-order chi connectivity index (χ1) is 7.20. The molecule has 1 N–H and O–H groups in total. The highest BCUT2D eigenvalue weighted by Gasteiger charge is 2.37. The van der Waals surface area contributed by atoms with Gasteiger partial charge >= 0.3 is 5.97 Å². The molecule has 1 aliphatic heterocycles. The van der Waals surface area contributed by atoms with E-state index in [1.165, 1.54) is 0 Å². The third kappa shape index (κ3) is 3.33. The molecule has 1 fully saturated rings. The number of hydrogen-bond acceptors (Lipinski definition) is 3. The predicted molar refractivity (Wildman–Crippen MR) is 65.3 cm³/mol. The molecule has 2 atom stereocenters. The minimum atomic E-state index is -0.829. The van der Waals surface area contributed by atoms with Crippen molar-refractivity contribution < 1.29 is 14.6 Å². The van der Waals surface area contributed by atoms with Crippen LogP contribution in [0.5, 0.6) is 0 Å². The summed E-state index contributed by atoms with van der Waals surface area (Å²) < 4.78 is 5.54. The summed E-state index contributed by atoms with van der Waals surface area (Å²) in [6, 6.07) is -0.537. The van der Waals surface area contributed by atoms with Gasteiger partial charge in [-0.2, -0.15) is 0 Å². The highest BCUT2D eigenvalue weighted by molar-refractivity contribution is 7.80. The van der Waals surface area contributed by atoms with Crippen LogP contribution in [-0.2, 0) is 9.53 Å². The first-order valence-electron chi connectivity index (χ1n) is 5.43. The van der Waals surface area contributed by atoms with Gasteiger partial charge in [-0.05, 0) is 45.3 Å². The van der Waals surface area contributed by atoms with Crippen molar-refractivity contribution in [2.75, 3.05) is 6.54 Å². The Kier molecular flexibility index (Phi) is 3.78. The SMILES string of the molecule is C[C@H]1C[C@@H](C(=O)O)N(C(=S)OC(C)(C)C)C1. The maximum atomic E-state index is 11.1. The van der Waals surface area contributed by atoms with E-state index in [1.54, 1.807) is 4.90 Å². The van der Waals surface area contributed by atoms with Crippen molar-refractivity contribution in [2.24, 2.45) is 5.92 Å². The minimum Gasteiger partial charge on any atom is -0.480 e. The van der Waals surface area contributed by atoms with E-state index in [9.17, 15) is 4.79 Å². The lowest BCUT2D eigenvalue weighted by Gasteiger charge is -2.29. The summed E-state index contributed by atoms with van der Waals surface area (Å²) in [6.07, 6.45) is 0.628. The molecule has 16 heavy (non-hydrogen) atoms. The number of aliphatic carboxylic acids is 1. The number of rotatable bonds is 1. The molecule has 4 nitrogen and oxygen atoms in total. The maximum absolute atomic E-state index is 11.1. The molecule has 0 amide bonds. The number of likely N-dealkylation sites (tertiary alicyclic amines) is 1. The zero-order valence-electron chi connectivity index (χ0n) is 10.2. The Morgan fingerprint density at radius 3 is 2.50 bits per heavy atom. The van der Waals surface area contributed by atoms with Gasteiger partial charge in [0.1, 0.15) is 11.6 Å². The van der Waals surface area contributed by atoms with E-state index in [4.69, 9.17) is 22.1 Å². The minimum absolute atomic E-state index is 0.296. The van der Waals surface area contributed by atoms with Crippen LogP contribution < -0.4 is 0 Å². The fraction of sp³-hybridized carbons (Fsp3) is 0.818. The van der Waals surface area contributed by atoms with Crippen molar-refractivity contribution >= 4 is 23.4 Å². The molecule has 1 aliphatic rings. The quantitative estimate of drug-likeness (QED) is 0.715. The molecule has 0 bridgehead atoms. The molecule has 0 aromatic carbocycles. The second-order valence-corrected chi connectivity index (χ2v) is 5.68. The Morgan fingerprint density at radius 1 is 1.50 bits per heavy atom. The number of carboxylic acids is 1. The largest absolute Gasteiger partial charge is 0.480 e. The van der Waals surface area contributed by atoms with Crippen LogP contribution in [0.4, 0.5) is 0 Å². The Labute approximate surface area is 102 Å². The second kappa shape index (κ2) is 4.57. The first kappa shape index (κ1) is 13.2. The van der Waals surface area contributed by atoms with Crippen LogP contribution in [0, 0.1) is 5.92 Å². The Hall–Kier alpha value is -0.840. The summed E-state index contributed by atoms with van der Waals surface area (Å²) in [5, 5.41) is 9.39. The average Bonchev–Trinajstić information content (AvgIpc) is 2.44. The lowest BCUT2D eigenvalue weighted by atomic mass is 10.1. The van der Waals surface area contributed by atoms with Gasteiger partial charge in [-0.15, -0.1) is 0 Å². The molecular weight excluding hydrogens is 226 g/mol. The molecule has 0 aromatic rings. The van der Waals surface area contributed by atoms with Crippen LogP contribution in [-0.4, -0.2) is 39.3 Å². The number of thiocarbonyl (C=S) groups is 1. The molecule has 5 heteroatoms. The van der Waals surface area contributed by atoms with Crippen LogP contribution in [0.15, 0.2) is 0 Å². The molecule has 0 aromatic heterocycles. The zero-order chi connectivity index (χ0) is 12.5. The summed E-state index contributed by atoms with van der Waals surface area (Å²) >= 11 is 5.15. The lowest BCUT2D eigenvalue weighted by molar-refractivity contribution is -0.141. The van der Waals surface area contributed by atoms with Crippen molar-refractivity contribution in [2.45, 2.75) is 45.8 Å². The van der Waals surface area contributed by atoms with Crippen molar-refractivity contribution in [1.29, 1.82) is 0 Å². The molecule has 1 rings (SSSR count). The highest BCUT2D eigenvalue weighted by atomic mass is 32.1. The smallest absolute Gasteiger partial charge is 0.326 e. The van der Waals surface area contributed by atoms with Crippen molar-refractivity contribution in [1.82, 2.24) is 4.90 Å². The van der Waals surface area contributed by atoms with Gasteiger partial charge in [-0.3, -0.25) is 0 Å². The number of ether oxygens (including phenoxy) is 1. The standard InChI is InChI=1S/C11H19NO3S/c1-7-5-8(9(13)14)12(6-7)10(16)15-11(2,3)4/h7-8H,5-6H2,1-4H3,(H,13,14)/t7-,8-/m0/s1. The monoisotopic (exact) mass is 245 g/mol. The summed E-state index contributed by atoms with van der Waals surface area (Å²) in [6.45, 7) is 8.37. The number of carboxylic acid groups (broad SMARTS) is 1. The van der Waals surface area contributed by atoms with Crippen molar-refractivity contribution in [3.8, 4) is 0 Å². The maximum Gasteiger partial charge on any atom is 0.326 e. The van der Waals surface area contributed by atoms with Crippen LogP contribution >= 0.6 is 12.2 Å². The number of nitrogens with zero attached hydrogens (tertiary/aromatic N) is 1. The van der Waals surface area contributed by atoms with Gasteiger partial charge in [-0.25, -0.2) is 4.79 Å². The summed E-state index contributed by atoms with van der Waals surface area (Å²) in [4.78, 5) is 12.7. The molecule has 0 aliphatic carbocycles. The molecule has 1 heterocycles. The summed E-state index contributed by atoms with van der Waals surface area (Å²) in [7, 11) is 0. The molecule has 1 saturated heterocycles. The van der Waals surface area contributed by atoms with E-state index < -0.39 is 12.0 Å². The van der Waals surface area contributed by atoms with Gasteiger partial charge < -0.3 is 14.7 Å². The van der Waals surface area contributed by atoms with E-state index in [0.29, 0.717) is 24.1 Å². The number of carbonyl (C=O) groups is 1. The summed E-state index contributed by atoms with van der Waals surface area (Å²) in [5.74, 6) is -0.494. The summed E-state index contributed by atoms with van der Waals surface area (Å²) in [5.41, 5.74) is -0.383. The first-order valence-corrected chi connectivity index (χ1v) is 5.84. The second-order valence-electron chi connectivity index (χ2n) is 5.33. The Bertz CT molecular complexity index is 298. The average molecular weight is 245 g/mol. The normalized spacial score (nSPS) is 25.6. The van der Waals surface area contributed by atoms with E-state index in [-0.39, 0.29) is 5.60 Å². The van der Waals surface area contributed by atoms with Gasteiger partial charge in [0, 0.05) is 6.54 Å². The predicted octanol–water partition coefficient (Wildman–Crippen LogP) is 1.88. The van der Waals surface area contributed by atoms with E-state index in [0.717, 1.165) is 0 Å². The fourth-order valence-corrected chi connectivity index (χ4v) is 2.25. The van der Waals surface area contributed by atoms with Crippen LogP contribution in [0.1, 0.15) is 34.1 Å². The Morgan fingerprint density at radius 2 is 2.06 bits per heavy atom. The van der Waals surface area contributed by atoms with Crippen LogP contribution in [0.25, 0.3) is 0 Å². The lowest BCUT2D eigenvalue weighted by Crippen LogP contribution is -2.43. The van der Waals surface area contributed by atoms with Crippen molar-refractivity contribution in [3.63, 3.8) is 0 Å². The van der Waals surface area contributed by atoms with Gasteiger partial charge in [0.2, 0.25) is 0 Å². The van der Waals surface area contributed by atoms with Crippen LogP contribution in [0.2, 0.25) is 0 Å². The molecule has 0 unspecified atom stereocenters. The zero-order valence-corrected chi connectivity index (χ0v) is 11.0. The van der Waals surface area contributed by atoms with Gasteiger partial charge in [0.05, 0.1) is 0 Å². The number of hydrogen-bond donors (Lipinski definition) is 1. The molecule has 0 saturated carbocycles. The van der Waals surface area contributed by atoms with Gasteiger partial charge in [0.25, 0.3) is 5.17 Å². The van der Waals surface area contributed by atoms with Gasteiger partial charge in [0.15, 0.2) is 0 Å². The molecule has 0 radical (unpaired) electrons. The van der Waals surface area contributed by atoms with E-state index >= 15 is 0 Å². The highest BCUT2D eigenvalue weighted by Crippen LogP contribution is 2.25. The Balaban J connectivity index is 2.71. The third-order valence-corrected chi connectivity index (χ3v) is 2.74.